The molecular formula is C30H29NO5. The number of hydrogen-bond acceptors (Lipinski definition) is 6. The summed E-state index contributed by atoms with van der Waals surface area (Å²) in [7, 11) is 0. The van der Waals surface area contributed by atoms with Gasteiger partial charge in [0.2, 0.25) is 0 Å². The Labute approximate surface area is 210 Å². The van der Waals surface area contributed by atoms with Crippen molar-refractivity contribution < 1.29 is 23.6 Å². The van der Waals surface area contributed by atoms with Crippen LogP contribution in [0.2, 0.25) is 0 Å². The van der Waals surface area contributed by atoms with E-state index >= 15 is 0 Å². The van der Waals surface area contributed by atoms with Gasteiger partial charge in [-0.25, -0.2) is 0 Å². The Kier molecular flexibility index (Phi) is 7.95. The van der Waals surface area contributed by atoms with E-state index in [1.165, 1.54) is 0 Å². The lowest BCUT2D eigenvalue weighted by atomic mass is 9.98. The van der Waals surface area contributed by atoms with Gasteiger partial charge in [0.25, 0.3) is 0 Å². The van der Waals surface area contributed by atoms with Gasteiger partial charge in [-0.3, -0.25) is 9.59 Å². The predicted octanol–water partition coefficient (Wildman–Crippen LogP) is 6.27. The fourth-order valence-corrected chi connectivity index (χ4v) is 4.05. The van der Waals surface area contributed by atoms with E-state index in [0.29, 0.717) is 23.6 Å². The molecule has 0 saturated carbocycles. The normalized spacial score (nSPS) is 11.6. The van der Waals surface area contributed by atoms with Crippen molar-refractivity contribution in [1.82, 2.24) is 5.16 Å². The molecule has 3 aromatic carbocycles. The second-order valence-electron chi connectivity index (χ2n) is 8.55. The van der Waals surface area contributed by atoms with Gasteiger partial charge in [-0.2, -0.15) is 0 Å². The van der Waals surface area contributed by atoms with Crippen molar-refractivity contribution in [3.63, 3.8) is 0 Å². The van der Waals surface area contributed by atoms with Crippen LogP contribution in [0.5, 0.6) is 0 Å². The summed E-state index contributed by atoms with van der Waals surface area (Å²) in [5.41, 5.74) is 6.02. The fraction of sp³-hybridized carbons (Fsp3) is 0.233. The monoisotopic (exact) mass is 483 g/mol. The van der Waals surface area contributed by atoms with Crippen LogP contribution in [-0.4, -0.2) is 23.7 Å². The molecule has 0 saturated heterocycles. The first-order valence-corrected chi connectivity index (χ1v) is 12.0. The number of nitrogens with zero attached hydrogens (tertiary/aromatic N) is 1. The minimum atomic E-state index is -0.346. The molecule has 1 heterocycles. The van der Waals surface area contributed by atoms with Crippen molar-refractivity contribution >= 4 is 11.9 Å². The molecule has 0 aliphatic carbocycles. The highest BCUT2D eigenvalue weighted by molar-refractivity contribution is 5.78. The molecule has 36 heavy (non-hydrogen) atoms. The first-order valence-electron chi connectivity index (χ1n) is 12.0. The van der Waals surface area contributed by atoms with Crippen LogP contribution >= 0.6 is 0 Å². The molecule has 0 amide bonds. The highest BCUT2D eigenvalue weighted by atomic mass is 16.5. The van der Waals surface area contributed by atoms with Crippen molar-refractivity contribution in [2.45, 2.75) is 39.7 Å². The first kappa shape index (κ1) is 24.9. The Balaban J connectivity index is 1.48. The van der Waals surface area contributed by atoms with Gasteiger partial charge in [0.15, 0.2) is 5.76 Å². The third kappa shape index (κ3) is 6.08. The number of carbonyl (C=O) groups excluding carboxylic acids is 2. The van der Waals surface area contributed by atoms with Crippen molar-refractivity contribution in [2.24, 2.45) is 0 Å². The Morgan fingerprint density at radius 3 is 2.31 bits per heavy atom. The van der Waals surface area contributed by atoms with E-state index in [2.05, 4.69) is 5.16 Å². The van der Waals surface area contributed by atoms with Gasteiger partial charge >= 0.3 is 11.9 Å². The minimum Gasteiger partial charge on any atom is -0.466 e. The molecule has 6 heteroatoms. The highest BCUT2D eigenvalue weighted by Crippen LogP contribution is 2.30. The number of benzene rings is 3. The summed E-state index contributed by atoms with van der Waals surface area (Å²) < 4.78 is 16.3. The molecule has 0 radical (unpaired) electrons. The fourth-order valence-electron chi connectivity index (χ4n) is 4.05. The van der Waals surface area contributed by atoms with Crippen LogP contribution in [0.4, 0.5) is 0 Å². The maximum absolute atomic E-state index is 12.7. The van der Waals surface area contributed by atoms with Gasteiger partial charge in [0.05, 0.1) is 25.1 Å². The Morgan fingerprint density at radius 1 is 0.861 bits per heavy atom. The van der Waals surface area contributed by atoms with Crippen LogP contribution in [0.25, 0.3) is 22.5 Å². The molecule has 0 aliphatic heterocycles. The largest absolute Gasteiger partial charge is 0.466 e. The molecule has 0 bridgehead atoms. The average Bonchev–Trinajstić information content (AvgIpc) is 3.24. The molecule has 6 nitrogen and oxygen atoms in total. The molecule has 184 valence electrons. The molecule has 0 unspecified atom stereocenters. The summed E-state index contributed by atoms with van der Waals surface area (Å²) in [6.45, 7) is 5.84. The highest BCUT2D eigenvalue weighted by Gasteiger charge is 2.20. The van der Waals surface area contributed by atoms with E-state index in [4.69, 9.17) is 14.0 Å². The third-order valence-corrected chi connectivity index (χ3v) is 5.94. The van der Waals surface area contributed by atoms with Crippen LogP contribution in [0, 0.1) is 6.92 Å². The van der Waals surface area contributed by atoms with Crippen LogP contribution in [0.15, 0.2) is 83.4 Å². The molecule has 0 fully saturated rings. The zero-order valence-electron chi connectivity index (χ0n) is 20.7. The summed E-state index contributed by atoms with van der Waals surface area (Å²) >= 11 is 0. The second-order valence-corrected chi connectivity index (χ2v) is 8.55. The van der Waals surface area contributed by atoms with Crippen LogP contribution in [0.1, 0.15) is 42.3 Å². The van der Waals surface area contributed by atoms with Gasteiger partial charge in [-0.05, 0) is 43.0 Å². The number of rotatable bonds is 9. The standard InChI is InChI=1S/C30H29NO5/c1-4-34-28(32)18-22-9-8-12-26(17-22)24-13-15-25(16-14-24)30-27(20(2)31-36-30)19-29(33)35-21(3)23-10-6-5-7-11-23/h5-17,21H,4,18-19H2,1-3H3/t21-/m1/s1. The Bertz CT molecular complexity index is 1330. The number of esters is 2. The molecule has 0 spiro atoms. The summed E-state index contributed by atoms with van der Waals surface area (Å²) in [5.74, 6) is -0.0248. The second kappa shape index (κ2) is 11.5. The summed E-state index contributed by atoms with van der Waals surface area (Å²) in [6, 6.07) is 25.3. The van der Waals surface area contributed by atoms with E-state index < -0.39 is 0 Å². The molecule has 0 aliphatic rings. The SMILES string of the molecule is CCOC(=O)Cc1cccc(-c2ccc(-c3onc(C)c3CC(=O)O[C@H](C)c3ccccc3)cc2)c1. The van der Waals surface area contributed by atoms with Gasteiger partial charge in [-0.1, -0.05) is 84.0 Å². The Morgan fingerprint density at radius 2 is 1.58 bits per heavy atom. The van der Waals surface area contributed by atoms with Gasteiger partial charge in [-0.15, -0.1) is 0 Å². The molecule has 1 aromatic heterocycles. The third-order valence-electron chi connectivity index (χ3n) is 5.94. The van der Waals surface area contributed by atoms with Crippen molar-refractivity contribution in [2.75, 3.05) is 6.61 Å². The van der Waals surface area contributed by atoms with Crippen LogP contribution in [0.3, 0.4) is 0 Å². The van der Waals surface area contributed by atoms with Crippen LogP contribution in [-0.2, 0) is 31.9 Å². The van der Waals surface area contributed by atoms with E-state index in [1.807, 2.05) is 92.7 Å². The summed E-state index contributed by atoms with van der Waals surface area (Å²) in [5, 5.41) is 4.09. The number of aryl methyl sites for hydroxylation is 1. The van der Waals surface area contributed by atoms with E-state index in [0.717, 1.165) is 27.8 Å². The topological polar surface area (TPSA) is 78.6 Å². The number of carbonyl (C=O) groups is 2. The lowest BCUT2D eigenvalue weighted by molar-refractivity contribution is -0.147. The molecule has 0 N–H and O–H groups in total. The predicted molar refractivity (Wildman–Crippen MR) is 137 cm³/mol. The molecule has 4 rings (SSSR count). The molecule has 1 atom stereocenters. The number of ether oxygens (including phenoxy) is 2. The maximum Gasteiger partial charge on any atom is 0.311 e. The van der Waals surface area contributed by atoms with Crippen LogP contribution < -0.4 is 0 Å². The zero-order valence-corrected chi connectivity index (χ0v) is 20.7. The maximum atomic E-state index is 12.7. The Hall–Kier alpha value is -4.19. The van der Waals surface area contributed by atoms with Crippen molar-refractivity contribution in [3.05, 3.63) is 101 Å². The van der Waals surface area contributed by atoms with Gasteiger partial charge in [0.1, 0.15) is 6.10 Å². The average molecular weight is 484 g/mol. The van der Waals surface area contributed by atoms with E-state index in [1.54, 1.807) is 6.92 Å². The zero-order chi connectivity index (χ0) is 25.5. The number of hydrogen-bond donors (Lipinski definition) is 0. The van der Waals surface area contributed by atoms with E-state index in [9.17, 15) is 9.59 Å². The van der Waals surface area contributed by atoms with E-state index in [-0.39, 0.29) is 30.9 Å². The summed E-state index contributed by atoms with van der Waals surface area (Å²) in [6.07, 6.45) is -0.0416. The first-order chi connectivity index (χ1) is 17.4. The lowest BCUT2D eigenvalue weighted by Gasteiger charge is -2.13. The lowest BCUT2D eigenvalue weighted by Crippen LogP contribution is -2.12. The quantitative estimate of drug-likeness (QED) is 0.261. The molecular weight excluding hydrogens is 454 g/mol. The van der Waals surface area contributed by atoms with Gasteiger partial charge < -0.3 is 14.0 Å². The van der Waals surface area contributed by atoms with Crippen molar-refractivity contribution in [3.8, 4) is 22.5 Å². The van der Waals surface area contributed by atoms with Crippen molar-refractivity contribution in [1.29, 1.82) is 0 Å². The minimum absolute atomic E-state index is 0.0689. The molecule has 4 aromatic rings. The summed E-state index contributed by atoms with van der Waals surface area (Å²) in [4.78, 5) is 24.5. The number of aromatic nitrogens is 1. The smallest absolute Gasteiger partial charge is 0.311 e. The van der Waals surface area contributed by atoms with Gasteiger partial charge in [0, 0.05) is 11.1 Å².